The molecule has 0 bridgehead atoms. The van der Waals surface area contributed by atoms with Crippen molar-refractivity contribution in [2.45, 2.75) is 11.4 Å². The Morgan fingerprint density at radius 1 is 0.853 bits per heavy atom. The maximum absolute atomic E-state index is 11.8. The first-order valence-electron chi connectivity index (χ1n) is 10.3. The van der Waals surface area contributed by atoms with Crippen LogP contribution in [0.2, 0.25) is 0 Å². The van der Waals surface area contributed by atoms with E-state index >= 15 is 0 Å². The van der Waals surface area contributed by atoms with Gasteiger partial charge >= 0.3 is 0 Å². The molecule has 0 aliphatic carbocycles. The third-order valence-corrected chi connectivity index (χ3v) is 6.04. The van der Waals surface area contributed by atoms with Crippen LogP contribution in [0.4, 0.5) is 5.82 Å². The number of anilines is 1. The second-order valence-corrected chi connectivity index (χ2v) is 9.03. The number of nitrogens with zero attached hydrogens (tertiary/aromatic N) is 5. The number of benzene rings is 2. The van der Waals surface area contributed by atoms with Gasteiger partial charge in [-0.1, -0.05) is 42.5 Å². The van der Waals surface area contributed by atoms with Gasteiger partial charge in [-0.05, 0) is 23.3 Å². The highest BCUT2D eigenvalue weighted by atomic mass is 32.2. The quantitative estimate of drug-likeness (QED) is 0.386. The van der Waals surface area contributed by atoms with Crippen LogP contribution in [0.3, 0.4) is 0 Å². The molecule has 0 atom stereocenters. The lowest BCUT2D eigenvalue weighted by Gasteiger charge is -2.14. The van der Waals surface area contributed by atoms with Crippen LogP contribution in [0.1, 0.15) is 5.69 Å². The summed E-state index contributed by atoms with van der Waals surface area (Å²) in [5.74, 6) is 0.892. The molecule has 0 saturated carbocycles. The second kappa shape index (κ2) is 8.93. The molecule has 5 rings (SSSR count). The number of aromatic nitrogens is 5. The Kier molecular flexibility index (Phi) is 5.66. The smallest absolute Gasteiger partial charge is 0.239 e. The Morgan fingerprint density at radius 3 is 2.47 bits per heavy atom. The summed E-state index contributed by atoms with van der Waals surface area (Å²) in [4.78, 5) is 21.8. The lowest BCUT2D eigenvalue weighted by molar-refractivity contribution is 0.597. The van der Waals surface area contributed by atoms with E-state index in [2.05, 4.69) is 20.3 Å². The molecule has 10 heteroatoms. The monoisotopic (exact) mass is 469 g/mol. The van der Waals surface area contributed by atoms with Gasteiger partial charge in [0.1, 0.15) is 10.7 Å². The predicted molar refractivity (Wildman–Crippen MR) is 129 cm³/mol. The Morgan fingerprint density at radius 2 is 1.71 bits per heavy atom. The highest BCUT2D eigenvalue weighted by Gasteiger charge is 2.16. The number of pyridine rings is 1. The van der Waals surface area contributed by atoms with Crippen molar-refractivity contribution in [1.29, 1.82) is 0 Å². The molecule has 3 N–H and O–H groups in total. The maximum atomic E-state index is 11.8. The largest absolute Gasteiger partial charge is 0.364 e. The summed E-state index contributed by atoms with van der Waals surface area (Å²) in [6, 6.07) is 17.2. The van der Waals surface area contributed by atoms with E-state index in [0.717, 1.165) is 22.2 Å². The standard InChI is InChI=1S/C24H19N7O2S/c25-34(32,33)19-11-17(12-27-15-19)23-30-21-8-4-7-20(16-5-2-1-3-6-16)22(21)24(31-23)29-14-18-13-26-9-10-28-18/h1-13,15H,14H2,(H2,25,32,33)(H,29,30,31). The van der Waals surface area contributed by atoms with Crippen molar-refractivity contribution in [3.63, 3.8) is 0 Å². The van der Waals surface area contributed by atoms with Gasteiger partial charge in [-0.15, -0.1) is 0 Å². The molecule has 9 nitrogen and oxygen atoms in total. The summed E-state index contributed by atoms with van der Waals surface area (Å²) in [7, 11) is -3.92. The highest BCUT2D eigenvalue weighted by Crippen LogP contribution is 2.34. The van der Waals surface area contributed by atoms with Crippen LogP contribution in [0.5, 0.6) is 0 Å². The first-order chi connectivity index (χ1) is 16.5. The third-order valence-electron chi connectivity index (χ3n) is 5.16. The average Bonchev–Trinajstić information content (AvgIpc) is 2.87. The zero-order valence-corrected chi connectivity index (χ0v) is 18.6. The van der Waals surface area contributed by atoms with Crippen molar-refractivity contribution >= 4 is 26.7 Å². The van der Waals surface area contributed by atoms with Gasteiger partial charge in [0.25, 0.3) is 0 Å². The van der Waals surface area contributed by atoms with Crippen LogP contribution in [-0.2, 0) is 16.6 Å². The summed E-state index contributed by atoms with van der Waals surface area (Å²) in [6.45, 7) is 0.387. The molecular weight excluding hydrogens is 450 g/mol. The highest BCUT2D eigenvalue weighted by molar-refractivity contribution is 7.89. The van der Waals surface area contributed by atoms with Crippen LogP contribution < -0.4 is 10.5 Å². The average molecular weight is 470 g/mol. The van der Waals surface area contributed by atoms with Crippen molar-refractivity contribution in [1.82, 2.24) is 24.9 Å². The number of rotatable bonds is 6. The first-order valence-corrected chi connectivity index (χ1v) is 11.9. The van der Waals surface area contributed by atoms with Gasteiger partial charge in [-0.3, -0.25) is 15.0 Å². The minimum absolute atomic E-state index is 0.110. The van der Waals surface area contributed by atoms with Crippen LogP contribution in [0, 0.1) is 0 Å². The molecule has 3 heterocycles. The summed E-state index contributed by atoms with van der Waals surface area (Å²) in [5, 5.41) is 9.47. The molecule has 0 spiro atoms. The van der Waals surface area contributed by atoms with Crippen LogP contribution in [0.15, 0.2) is 90.5 Å². The fourth-order valence-corrected chi connectivity index (χ4v) is 4.09. The van der Waals surface area contributed by atoms with Gasteiger partial charge in [0.15, 0.2) is 5.82 Å². The van der Waals surface area contributed by atoms with Crippen LogP contribution in [0.25, 0.3) is 33.4 Å². The molecule has 0 aliphatic heterocycles. The molecule has 168 valence electrons. The van der Waals surface area contributed by atoms with E-state index in [9.17, 15) is 8.42 Å². The lowest BCUT2D eigenvalue weighted by Crippen LogP contribution is -2.12. The van der Waals surface area contributed by atoms with Gasteiger partial charge < -0.3 is 5.32 Å². The molecule has 5 aromatic rings. The number of nitrogens with two attached hydrogens (primary N) is 1. The van der Waals surface area contributed by atoms with Crippen molar-refractivity contribution in [3.05, 3.63) is 91.3 Å². The number of primary sulfonamides is 1. The molecule has 3 aromatic heterocycles. The van der Waals surface area contributed by atoms with Gasteiger partial charge in [0.2, 0.25) is 10.0 Å². The number of hydrogen-bond acceptors (Lipinski definition) is 8. The van der Waals surface area contributed by atoms with E-state index in [1.807, 2.05) is 48.5 Å². The summed E-state index contributed by atoms with van der Waals surface area (Å²) >= 11 is 0. The van der Waals surface area contributed by atoms with Crippen molar-refractivity contribution < 1.29 is 8.42 Å². The molecule has 0 fully saturated rings. The summed E-state index contributed by atoms with van der Waals surface area (Å²) in [5.41, 5.74) is 3.84. The van der Waals surface area contributed by atoms with Crippen molar-refractivity contribution in [3.8, 4) is 22.5 Å². The van der Waals surface area contributed by atoms with Crippen molar-refractivity contribution in [2.75, 3.05) is 5.32 Å². The zero-order chi connectivity index (χ0) is 23.5. The fraction of sp³-hybridized carbons (Fsp3) is 0.0417. The van der Waals surface area contributed by atoms with Crippen LogP contribution >= 0.6 is 0 Å². The van der Waals surface area contributed by atoms with Gasteiger partial charge in [0.05, 0.1) is 29.3 Å². The molecule has 0 saturated heterocycles. The Hall–Kier alpha value is -4.28. The molecular formula is C24H19N7O2S. The van der Waals surface area contributed by atoms with E-state index < -0.39 is 10.0 Å². The molecule has 2 aromatic carbocycles. The van der Waals surface area contributed by atoms with Gasteiger partial charge in [-0.2, -0.15) is 0 Å². The Bertz CT molecular complexity index is 1580. The molecule has 34 heavy (non-hydrogen) atoms. The number of nitrogens with one attached hydrogen (secondary N) is 1. The normalized spacial score (nSPS) is 11.4. The predicted octanol–water partition coefficient (Wildman–Crippen LogP) is 3.41. The Labute approximate surface area is 195 Å². The summed E-state index contributed by atoms with van der Waals surface area (Å²) in [6.07, 6.45) is 7.61. The molecule has 0 aliphatic rings. The van der Waals surface area contributed by atoms with E-state index in [0.29, 0.717) is 29.3 Å². The number of hydrogen-bond donors (Lipinski definition) is 2. The van der Waals surface area contributed by atoms with Gasteiger partial charge in [-0.25, -0.2) is 23.5 Å². The maximum Gasteiger partial charge on any atom is 0.239 e. The SMILES string of the molecule is NS(=O)(=O)c1cncc(-c2nc(NCc3cnccn3)c3c(-c4ccccc4)cccc3n2)c1. The number of fused-ring (bicyclic) bond motifs is 1. The third kappa shape index (κ3) is 4.45. The van der Waals surface area contributed by atoms with E-state index in [4.69, 9.17) is 15.1 Å². The molecule has 0 radical (unpaired) electrons. The first kappa shape index (κ1) is 21.6. The topological polar surface area (TPSA) is 137 Å². The lowest BCUT2D eigenvalue weighted by atomic mass is 10.0. The molecule has 0 amide bonds. The zero-order valence-electron chi connectivity index (χ0n) is 17.8. The minimum Gasteiger partial charge on any atom is -0.364 e. The molecule has 0 unspecified atom stereocenters. The van der Waals surface area contributed by atoms with Crippen molar-refractivity contribution in [2.24, 2.45) is 5.14 Å². The summed E-state index contributed by atoms with van der Waals surface area (Å²) < 4.78 is 23.7. The minimum atomic E-state index is -3.92. The van der Waals surface area contributed by atoms with E-state index in [1.165, 1.54) is 18.5 Å². The number of sulfonamides is 1. The van der Waals surface area contributed by atoms with Gasteiger partial charge in [0, 0.05) is 30.4 Å². The van der Waals surface area contributed by atoms with E-state index in [-0.39, 0.29) is 4.90 Å². The second-order valence-electron chi connectivity index (χ2n) is 7.47. The Balaban J connectivity index is 1.69. The van der Waals surface area contributed by atoms with Crippen LogP contribution in [-0.4, -0.2) is 33.3 Å². The van der Waals surface area contributed by atoms with E-state index in [1.54, 1.807) is 18.6 Å². The fourth-order valence-electron chi connectivity index (χ4n) is 3.59.